The molecule has 2 aromatic rings. The largest absolute Gasteiger partial charge is 0.508 e. The van der Waals surface area contributed by atoms with Crippen molar-refractivity contribution in [3.8, 4) is 11.5 Å². The third-order valence-electron chi connectivity index (χ3n) is 3.91. The second-order valence-corrected chi connectivity index (χ2v) is 5.53. The minimum atomic E-state index is 0.101. The van der Waals surface area contributed by atoms with Crippen molar-refractivity contribution >= 4 is 0 Å². The fourth-order valence-electron chi connectivity index (χ4n) is 2.73. The molecule has 0 bridgehead atoms. The lowest BCUT2D eigenvalue weighted by molar-refractivity contribution is 0.445. The lowest BCUT2D eigenvalue weighted by Gasteiger charge is -2.15. The van der Waals surface area contributed by atoms with Gasteiger partial charge in [0.05, 0.1) is 0 Å². The fraction of sp³-hybridized carbons (Fsp3) is 0.294. The highest BCUT2D eigenvalue weighted by atomic mass is 16.3. The minimum absolute atomic E-state index is 0.101. The van der Waals surface area contributed by atoms with E-state index in [1.165, 1.54) is 11.6 Å². The van der Waals surface area contributed by atoms with Crippen molar-refractivity contribution in [2.24, 2.45) is 0 Å². The molecule has 104 valence electrons. The van der Waals surface area contributed by atoms with Crippen LogP contribution in [0.2, 0.25) is 0 Å². The van der Waals surface area contributed by atoms with Crippen LogP contribution in [-0.2, 0) is 0 Å². The van der Waals surface area contributed by atoms with Crippen LogP contribution < -0.4 is 5.32 Å². The molecule has 1 aliphatic carbocycles. The Morgan fingerprint density at radius 2 is 1.70 bits per heavy atom. The Kier molecular flexibility index (Phi) is 3.36. The van der Waals surface area contributed by atoms with Gasteiger partial charge >= 0.3 is 0 Å². The Bertz CT molecular complexity index is 577. The van der Waals surface area contributed by atoms with Crippen molar-refractivity contribution in [2.75, 3.05) is 0 Å². The second-order valence-electron chi connectivity index (χ2n) is 5.53. The maximum absolute atomic E-state index is 9.53. The SMILES string of the molecule is CC(NC1CC1c1ccccc1)c1cc(O)cc(O)c1. The number of benzene rings is 2. The lowest BCUT2D eigenvalue weighted by atomic mass is 10.1. The van der Waals surface area contributed by atoms with E-state index >= 15 is 0 Å². The summed E-state index contributed by atoms with van der Waals surface area (Å²) >= 11 is 0. The molecule has 3 atom stereocenters. The summed E-state index contributed by atoms with van der Waals surface area (Å²) in [5.74, 6) is 0.776. The molecule has 0 amide bonds. The zero-order valence-corrected chi connectivity index (χ0v) is 11.5. The lowest BCUT2D eigenvalue weighted by Crippen LogP contribution is -2.22. The highest BCUT2D eigenvalue weighted by Crippen LogP contribution is 2.42. The summed E-state index contributed by atoms with van der Waals surface area (Å²) in [6.07, 6.45) is 1.14. The van der Waals surface area contributed by atoms with Gasteiger partial charge in [0.2, 0.25) is 0 Å². The number of nitrogens with one attached hydrogen (secondary N) is 1. The van der Waals surface area contributed by atoms with Crippen molar-refractivity contribution in [2.45, 2.75) is 31.3 Å². The molecule has 0 heterocycles. The molecule has 2 aromatic carbocycles. The van der Waals surface area contributed by atoms with Crippen LogP contribution in [0.5, 0.6) is 11.5 Å². The Morgan fingerprint density at radius 3 is 2.35 bits per heavy atom. The quantitative estimate of drug-likeness (QED) is 0.798. The Balaban J connectivity index is 1.65. The van der Waals surface area contributed by atoms with Gasteiger partial charge in [-0.15, -0.1) is 0 Å². The molecular formula is C17H19NO2. The van der Waals surface area contributed by atoms with Gasteiger partial charge in [-0.1, -0.05) is 30.3 Å². The van der Waals surface area contributed by atoms with Crippen LogP contribution in [0.1, 0.15) is 36.4 Å². The molecule has 20 heavy (non-hydrogen) atoms. The molecule has 3 rings (SSSR count). The third kappa shape index (κ3) is 2.78. The number of aromatic hydroxyl groups is 2. The van der Waals surface area contributed by atoms with Gasteiger partial charge in [0.25, 0.3) is 0 Å². The summed E-state index contributed by atoms with van der Waals surface area (Å²) in [6.45, 7) is 2.05. The predicted octanol–water partition coefficient (Wildman–Crippen LogP) is 3.30. The molecule has 3 heteroatoms. The van der Waals surface area contributed by atoms with Gasteiger partial charge in [-0.05, 0) is 36.6 Å². The summed E-state index contributed by atoms with van der Waals surface area (Å²) in [7, 11) is 0. The minimum Gasteiger partial charge on any atom is -0.508 e. The van der Waals surface area contributed by atoms with E-state index in [1.807, 2.05) is 6.07 Å². The highest BCUT2D eigenvalue weighted by molar-refractivity contribution is 5.38. The predicted molar refractivity (Wildman–Crippen MR) is 78.9 cm³/mol. The zero-order valence-electron chi connectivity index (χ0n) is 11.5. The van der Waals surface area contributed by atoms with Crippen LogP contribution >= 0.6 is 0 Å². The molecule has 3 unspecified atom stereocenters. The van der Waals surface area contributed by atoms with Crippen molar-refractivity contribution in [1.29, 1.82) is 0 Å². The highest BCUT2D eigenvalue weighted by Gasteiger charge is 2.38. The smallest absolute Gasteiger partial charge is 0.119 e. The molecule has 1 fully saturated rings. The molecule has 0 aliphatic heterocycles. The molecule has 3 nitrogen and oxygen atoms in total. The molecule has 0 saturated heterocycles. The van der Waals surface area contributed by atoms with Gasteiger partial charge in [0, 0.05) is 24.1 Å². The Labute approximate surface area is 118 Å². The first-order valence-electron chi connectivity index (χ1n) is 6.97. The topological polar surface area (TPSA) is 52.5 Å². The van der Waals surface area contributed by atoms with Crippen LogP contribution in [0, 0.1) is 0 Å². The molecule has 0 radical (unpaired) electrons. The van der Waals surface area contributed by atoms with E-state index in [4.69, 9.17) is 0 Å². The monoisotopic (exact) mass is 269 g/mol. The number of hydrogen-bond acceptors (Lipinski definition) is 3. The van der Waals surface area contributed by atoms with E-state index in [0.29, 0.717) is 12.0 Å². The number of rotatable bonds is 4. The first kappa shape index (κ1) is 13.0. The summed E-state index contributed by atoms with van der Waals surface area (Å²) < 4.78 is 0. The first-order chi connectivity index (χ1) is 9.63. The third-order valence-corrected chi connectivity index (χ3v) is 3.91. The summed E-state index contributed by atoms with van der Waals surface area (Å²) in [6, 6.07) is 15.8. The van der Waals surface area contributed by atoms with Crippen LogP contribution in [0.4, 0.5) is 0 Å². The van der Waals surface area contributed by atoms with E-state index in [-0.39, 0.29) is 17.5 Å². The van der Waals surface area contributed by atoms with Crippen LogP contribution in [0.25, 0.3) is 0 Å². The van der Waals surface area contributed by atoms with E-state index in [0.717, 1.165) is 12.0 Å². The maximum Gasteiger partial charge on any atom is 0.119 e. The standard InChI is InChI=1S/C17H19NO2/c1-11(13-7-14(19)9-15(20)8-13)18-17-10-16(17)12-5-3-2-4-6-12/h2-9,11,16-20H,10H2,1H3. The second kappa shape index (κ2) is 5.17. The molecule has 1 saturated carbocycles. The summed E-state index contributed by atoms with van der Waals surface area (Å²) in [4.78, 5) is 0. The number of hydrogen-bond donors (Lipinski definition) is 3. The molecule has 0 spiro atoms. The molecule has 0 aromatic heterocycles. The number of phenolic OH excluding ortho intramolecular Hbond substituents is 2. The zero-order chi connectivity index (χ0) is 14.1. The summed E-state index contributed by atoms with van der Waals surface area (Å²) in [5.41, 5.74) is 2.28. The van der Waals surface area contributed by atoms with E-state index in [2.05, 4.69) is 36.5 Å². The summed E-state index contributed by atoms with van der Waals surface area (Å²) in [5, 5.41) is 22.6. The van der Waals surface area contributed by atoms with Crippen molar-refractivity contribution in [1.82, 2.24) is 5.32 Å². The van der Waals surface area contributed by atoms with Gasteiger partial charge in [-0.3, -0.25) is 0 Å². The van der Waals surface area contributed by atoms with Gasteiger partial charge in [-0.2, -0.15) is 0 Å². The fourth-order valence-corrected chi connectivity index (χ4v) is 2.73. The van der Waals surface area contributed by atoms with Crippen molar-refractivity contribution in [3.63, 3.8) is 0 Å². The molecular weight excluding hydrogens is 250 g/mol. The van der Waals surface area contributed by atoms with Gasteiger partial charge in [0.15, 0.2) is 0 Å². The van der Waals surface area contributed by atoms with Crippen molar-refractivity contribution < 1.29 is 10.2 Å². The van der Waals surface area contributed by atoms with Gasteiger partial charge in [-0.25, -0.2) is 0 Å². The normalized spacial score (nSPS) is 22.4. The average Bonchev–Trinajstić information content (AvgIpc) is 3.18. The van der Waals surface area contributed by atoms with Crippen LogP contribution in [0.15, 0.2) is 48.5 Å². The molecule has 3 N–H and O–H groups in total. The molecule has 1 aliphatic rings. The van der Waals surface area contributed by atoms with E-state index < -0.39 is 0 Å². The van der Waals surface area contributed by atoms with E-state index in [1.54, 1.807) is 12.1 Å². The average molecular weight is 269 g/mol. The van der Waals surface area contributed by atoms with E-state index in [9.17, 15) is 10.2 Å². The van der Waals surface area contributed by atoms with Crippen molar-refractivity contribution in [3.05, 3.63) is 59.7 Å². The first-order valence-corrected chi connectivity index (χ1v) is 6.97. The maximum atomic E-state index is 9.53. The van der Waals surface area contributed by atoms with Gasteiger partial charge < -0.3 is 15.5 Å². The number of phenols is 2. The van der Waals surface area contributed by atoms with Crippen LogP contribution in [-0.4, -0.2) is 16.3 Å². The van der Waals surface area contributed by atoms with Crippen LogP contribution in [0.3, 0.4) is 0 Å². The Hall–Kier alpha value is -2.00. The Morgan fingerprint density at radius 1 is 1.05 bits per heavy atom. The van der Waals surface area contributed by atoms with Gasteiger partial charge in [0.1, 0.15) is 11.5 Å².